The molecule has 1 saturated heterocycles. The van der Waals surface area contributed by atoms with Gasteiger partial charge in [0.2, 0.25) is 5.91 Å². The van der Waals surface area contributed by atoms with Gasteiger partial charge < -0.3 is 10.3 Å². The molecule has 1 aromatic heterocycles. The molecule has 5 nitrogen and oxygen atoms in total. The van der Waals surface area contributed by atoms with Gasteiger partial charge in [0, 0.05) is 23.6 Å². The van der Waals surface area contributed by atoms with E-state index >= 15 is 0 Å². The summed E-state index contributed by atoms with van der Waals surface area (Å²) in [6.45, 7) is 4.81. The quantitative estimate of drug-likeness (QED) is 0.648. The molecular formula is C23H25N3O2. The maximum atomic E-state index is 12.8. The molecule has 144 valence electrons. The number of H-pyrrole nitrogens is 1. The van der Waals surface area contributed by atoms with E-state index in [4.69, 9.17) is 0 Å². The number of nitrogens with one attached hydrogen (secondary N) is 2. The van der Waals surface area contributed by atoms with Gasteiger partial charge in [0.1, 0.15) is 0 Å². The van der Waals surface area contributed by atoms with Crippen LogP contribution in [-0.4, -0.2) is 29.4 Å². The first-order chi connectivity index (χ1) is 13.6. The number of aromatic amines is 1. The summed E-state index contributed by atoms with van der Waals surface area (Å²) in [6.07, 6.45) is 3.96. The van der Waals surface area contributed by atoms with E-state index in [-0.39, 0.29) is 18.2 Å². The van der Waals surface area contributed by atoms with Crippen molar-refractivity contribution < 1.29 is 9.59 Å². The van der Waals surface area contributed by atoms with Gasteiger partial charge in [-0.2, -0.15) is 0 Å². The van der Waals surface area contributed by atoms with Gasteiger partial charge in [-0.1, -0.05) is 30.7 Å². The molecule has 28 heavy (non-hydrogen) atoms. The normalized spacial score (nSPS) is 17.1. The van der Waals surface area contributed by atoms with Gasteiger partial charge in [-0.05, 0) is 55.2 Å². The lowest BCUT2D eigenvalue weighted by atomic mass is 10.1. The molecule has 4 rings (SSSR count). The van der Waals surface area contributed by atoms with Gasteiger partial charge in [0.05, 0.1) is 18.2 Å². The molecule has 0 unspecified atom stereocenters. The molecule has 3 aromatic rings. The van der Waals surface area contributed by atoms with Crippen LogP contribution in [0.25, 0.3) is 10.9 Å². The third-order valence-electron chi connectivity index (χ3n) is 5.46. The average molecular weight is 375 g/mol. The van der Waals surface area contributed by atoms with E-state index in [1.165, 1.54) is 27.0 Å². The van der Waals surface area contributed by atoms with Gasteiger partial charge in [0.25, 0.3) is 5.91 Å². The lowest BCUT2D eigenvalue weighted by Gasteiger charge is -2.16. The number of aromatic nitrogens is 1. The van der Waals surface area contributed by atoms with Gasteiger partial charge >= 0.3 is 0 Å². The number of hydrogen-bond donors (Lipinski definition) is 2. The maximum Gasteiger partial charge on any atom is 0.251 e. The lowest BCUT2D eigenvalue weighted by Crippen LogP contribution is -2.39. The largest absolute Gasteiger partial charge is 0.361 e. The van der Waals surface area contributed by atoms with Crippen molar-refractivity contribution in [2.24, 2.45) is 0 Å². The van der Waals surface area contributed by atoms with E-state index in [2.05, 4.69) is 42.3 Å². The Labute approximate surface area is 164 Å². The molecule has 1 atom stereocenters. The summed E-state index contributed by atoms with van der Waals surface area (Å²) >= 11 is 0. The van der Waals surface area contributed by atoms with E-state index in [9.17, 15) is 9.59 Å². The van der Waals surface area contributed by atoms with Crippen LogP contribution >= 0.6 is 0 Å². The first-order valence-corrected chi connectivity index (χ1v) is 9.82. The molecule has 1 fully saturated rings. The fourth-order valence-electron chi connectivity index (χ4n) is 3.82. The van der Waals surface area contributed by atoms with Crippen molar-refractivity contribution in [1.29, 1.82) is 0 Å². The Kier molecular flexibility index (Phi) is 5.01. The Morgan fingerprint density at radius 2 is 1.93 bits per heavy atom. The average Bonchev–Trinajstić information content (AvgIpc) is 3.22. The fourth-order valence-corrected chi connectivity index (χ4v) is 3.82. The second-order valence-corrected chi connectivity index (χ2v) is 7.41. The number of carbonyl (C=O) groups excluding carboxylic acids is 2. The van der Waals surface area contributed by atoms with Crippen molar-refractivity contribution in [3.63, 3.8) is 0 Å². The zero-order chi connectivity index (χ0) is 19.7. The Bertz CT molecular complexity index is 1020. The molecule has 1 aliphatic rings. The number of hydrogen-bond acceptors (Lipinski definition) is 3. The highest BCUT2D eigenvalue weighted by atomic mass is 16.2. The molecule has 2 amide bonds. The molecule has 2 N–H and O–H groups in total. The van der Waals surface area contributed by atoms with Crippen LogP contribution in [0.5, 0.6) is 0 Å². The van der Waals surface area contributed by atoms with Crippen LogP contribution < -0.4 is 10.2 Å². The summed E-state index contributed by atoms with van der Waals surface area (Å²) in [5, 5.41) is 4.49. The van der Waals surface area contributed by atoms with E-state index in [1.54, 1.807) is 0 Å². The molecule has 2 aromatic carbocycles. The van der Waals surface area contributed by atoms with E-state index in [0.717, 1.165) is 18.4 Å². The highest BCUT2D eigenvalue weighted by Crippen LogP contribution is 2.24. The van der Waals surface area contributed by atoms with Crippen molar-refractivity contribution in [3.05, 3.63) is 65.4 Å². The van der Waals surface area contributed by atoms with Crippen LogP contribution in [0.2, 0.25) is 0 Å². The minimum Gasteiger partial charge on any atom is -0.361 e. The SMILES string of the molecule is CCc1ccc(N2C(=O)C[C@H](NCCc3c[nH]c4ccc(C)cc34)C2=O)cc1. The number of anilines is 1. The predicted octanol–water partition coefficient (Wildman–Crippen LogP) is 3.50. The third-order valence-corrected chi connectivity index (χ3v) is 5.46. The molecule has 0 aliphatic carbocycles. The van der Waals surface area contributed by atoms with E-state index in [1.807, 2.05) is 30.5 Å². The summed E-state index contributed by atoms with van der Waals surface area (Å²) in [5.74, 6) is -0.307. The highest BCUT2D eigenvalue weighted by molar-refractivity contribution is 6.22. The van der Waals surface area contributed by atoms with Gasteiger partial charge in [-0.3, -0.25) is 9.59 Å². The summed E-state index contributed by atoms with van der Waals surface area (Å²) in [6, 6.07) is 13.5. The number of rotatable bonds is 6. The number of fused-ring (bicyclic) bond motifs is 1. The third kappa shape index (κ3) is 3.45. The van der Waals surface area contributed by atoms with Crippen molar-refractivity contribution in [2.45, 2.75) is 39.2 Å². The van der Waals surface area contributed by atoms with E-state index in [0.29, 0.717) is 12.2 Å². The molecule has 0 radical (unpaired) electrons. The van der Waals surface area contributed by atoms with Gasteiger partial charge in [-0.15, -0.1) is 0 Å². The summed E-state index contributed by atoms with van der Waals surface area (Å²) in [5.41, 5.74) is 5.40. The van der Waals surface area contributed by atoms with Gasteiger partial charge in [-0.25, -0.2) is 4.90 Å². The number of nitrogens with zero attached hydrogens (tertiary/aromatic N) is 1. The van der Waals surface area contributed by atoms with Crippen molar-refractivity contribution in [2.75, 3.05) is 11.4 Å². The van der Waals surface area contributed by atoms with Gasteiger partial charge in [0.15, 0.2) is 0 Å². The molecule has 1 aliphatic heterocycles. The first kappa shape index (κ1) is 18.4. The van der Waals surface area contributed by atoms with Crippen molar-refractivity contribution >= 4 is 28.4 Å². The topological polar surface area (TPSA) is 65.2 Å². The Balaban J connectivity index is 1.40. The summed E-state index contributed by atoms with van der Waals surface area (Å²) in [4.78, 5) is 29.8. The number of amides is 2. The second kappa shape index (κ2) is 7.60. The zero-order valence-electron chi connectivity index (χ0n) is 16.3. The minimum absolute atomic E-state index is 0.144. The number of aryl methyl sites for hydroxylation is 2. The molecule has 2 heterocycles. The van der Waals surface area contributed by atoms with Crippen molar-refractivity contribution in [3.8, 4) is 0 Å². The Morgan fingerprint density at radius 3 is 2.68 bits per heavy atom. The first-order valence-electron chi connectivity index (χ1n) is 9.82. The number of benzene rings is 2. The van der Waals surface area contributed by atoms with Crippen LogP contribution in [0.1, 0.15) is 30.0 Å². The highest BCUT2D eigenvalue weighted by Gasteiger charge is 2.39. The summed E-state index contributed by atoms with van der Waals surface area (Å²) in [7, 11) is 0. The maximum absolute atomic E-state index is 12.8. The van der Waals surface area contributed by atoms with Crippen LogP contribution in [0, 0.1) is 6.92 Å². The van der Waals surface area contributed by atoms with Crippen LogP contribution in [-0.2, 0) is 22.4 Å². The molecule has 0 saturated carbocycles. The van der Waals surface area contributed by atoms with E-state index < -0.39 is 6.04 Å². The zero-order valence-corrected chi connectivity index (χ0v) is 16.3. The number of carbonyl (C=O) groups is 2. The van der Waals surface area contributed by atoms with Crippen LogP contribution in [0.3, 0.4) is 0 Å². The second-order valence-electron chi connectivity index (χ2n) is 7.41. The predicted molar refractivity (Wildman–Crippen MR) is 111 cm³/mol. The minimum atomic E-state index is -0.453. The molecule has 0 bridgehead atoms. The number of imide groups is 1. The fraction of sp³-hybridized carbons (Fsp3) is 0.304. The Hall–Kier alpha value is -2.92. The summed E-state index contributed by atoms with van der Waals surface area (Å²) < 4.78 is 0. The molecule has 5 heteroatoms. The smallest absolute Gasteiger partial charge is 0.251 e. The van der Waals surface area contributed by atoms with Crippen molar-refractivity contribution in [1.82, 2.24) is 10.3 Å². The Morgan fingerprint density at radius 1 is 1.14 bits per heavy atom. The monoisotopic (exact) mass is 375 g/mol. The van der Waals surface area contributed by atoms with Crippen LogP contribution in [0.4, 0.5) is 5.69 Å². The van der Waals surface area contributed by atoms with Crippen LogP contribution in [0.15, 0.2) is 48.7 Å². The standard InChI is InChI=1S/C23H25N3O2/c1-3-16-5-7-18(8-6-16)26-22(27)13-21(23(26)28)24-11-10-17-14-25-20-9-4-15(2)12-19(17)20/h4-9,12,14,21,24-25H,3,10-11,13H2,1-2H3/t21-/m0/s1. The molecular weight excluding hydrogens is 350 g/mol. The molecule has 0 spiro atoms. The lowest BCUT2D eigenvalue weighted by molar-refractivity contribution is -0.121.